The molecule has 3 heteroatoms. The molecule has 0 spiro atoms. The summed E-state index contributed by atoms with van der Waals surface area (Å²) in [5.74, 6) is 0.403. The quantitative estimate of drug-likeness (QED) is 0.709. The van der Waals surface area contributed by atoms with Crippen LogP contribution in [0.4, 0.5) is 0 Å². The molecule has 0 aromatic heterocycles. The third-order valence-corrected chi connectivity index (χ3v) is 2.95. The number of benzene rings is 1. The summed E-state index contributed by atoms with van der Waals surface area (Å²) in [5.41, 5.74) is 2.28. The third-order valence-electron chi connectivity index (χ3n) is 2.20. The maximum Gasteiger partial charge on any atom is 0.120 e. The van der Waals surface area contributed by atoms with E-state index in [2.05, 4.69) is 21.2 Å². The highest BCUT2D eigenvalue weighted by molar-refractivity contribution is 9.10. The molecule has 0 atom stereocenters. The Hall–Kier alpha value is -0.540. The van der Waals surface area contributed by atoms with Crippen LogP contribution in [0.25, 0.3) is 0 Å². The Balaban J connectivity index is 2.57. The predicted molar refractivity (Wildman–Crippen MR) is 51.2 cm³/mol. The van der Waals surface area contributed by atoms with Crippen molar-refractivity contribution in [3.63, 3.8) is 0 Å². The van der Waals surface area contributed by atoms with Crippen LogP contribution in [0.2, 0.25) is 0 Å². The number of hydrogen-bond acceptors (Lipinski definition) is 2. The van der Waals surface area contributed by atoms with Gasteiger partial charge in [0.1, 0.15) is 5.75 Å². The molecular weight excluding hydrogens is 218 g/mol. The molecule has 1 aliphatic heterocycles. The molecule has 2 nitrogen and oxygen atoms in total. The molecule has 1 aromatic carbocycles. The smallest absolute Gasteiger partial charge is 0.120 e. The summed E-state index contributed by atoms with van der Waals surface area (Å²) in [7, 11) is 0. The van der Waals surface area contributed by atoms with Crippen molar-refractivity contribution < 1.29 is 5.11 Å². The highest BCUT2D eigenvalue weighted by Gasteiger charge is 2.14. The first-order chi connectivity index (χ1) is 5.79. The van der Waals surface area contributed by atoms with Gasteiger partial charge in [-0.2, -0.15) is 0 Å². The topological polar surface area (TPSA) is 32.3 Å². The fourth-order valence-corrected chi connectivity index (χ4v) is 2.12. The van der Waals surface area contributed by atoms with Crippen LogP contribution in [0.1, 0.15) is 11.1 Å². The zero-order valence-electron chi connectivity index (χ0n) is 6.60. The number of nitrogens with one attached hydrogen (secondary N) is 1. The molecule has 64 valence electrons. The Bertz CT molecular complexity index is 281. The average molecular weight is 228 g/mol. The number of aromatic hydroxyl groups is 1. The summed E-state index contributed by atoms with van der Waals surface area (Å²) >= 11 is 3.48. The monoisotopic (exact) mass is 227 g/mol. The lowest BCUT2D eigenvalue weighted by Gasteiger charge is -2.19. The standard InChI is InChI=1S/C9H10BrNO/c10-8-1-2-9(12)7-5-11-4-3-6(7)8/h1-2,11-12H,3-5H2. The van der Waals surface area contributed by atoms with Crippen LogP contribution in [-0.4, -0.2) is 11.7 Å². The van der Waals surface area contributed by atoms with E-state index < -0.39 is 0 Å². The summed E-state index contributed by atoms with van der Waals surface area (Å²) in [6, 6.07) is 3.63. The summed E-state index contributed by atoms with van der Waals surface area (Å²) < 4.78 is 1.11. The highest BCUT2D eigenvalue weighted by Crippen LogP contribution is 2.30. The molecule has 2 rings (SSSR count). The summed E-state index contributed by atoms with van der Waals surface area (Å²) in [5, 5.41) is 12.7. The number of halogens is 1. The molecule has 0 saturated carbocycles. The molecule has 0 amide bonds. The second-order valence-electron chi connectivity index (χ2n) is 2.95. The maximum absolute atomic E-state index is 9.52. The second kappa shape index (κ2) is 3.07. The lowest BCUT2D eigenvalue weighted by Crippen LogP contribution is -2.23. The van der Waals surface area contributed by atoms with Gasteiger partial charge in [0.15, 0.2) is 0 Å². The van der Waals surface area contributed by atoms with Crippen LogP contribution in [0.15, 0.2) is 16.6 Å². The van der Waals surface area contributed by atoms with Crippen molar-refractivity contribution in [1.82, 2.24) is 5.32 Å². The minimum Gasteiger partial charge on any atom is -0.508 e. The van der Waals surface area contributed by atoms with E-state index >= 15 is 0 Å². The van der Waals surface area contributed by atoms with Crippen molar-refractivity contribution in [2.45, 2.75) is 13.0 Å². The van der Waals surface area contributed by atoms with E-state index in [1.807, 2.05) is 6.07 Å². The average Bonchev–Trinajstić information content (AvgIpc) is 2.12. The van der Waals surface area contributed by atoms with E-state index in [0.717, 1.165) is 29.5 Å². The molecule has 0 saturated heterocycles. The largest absolute Gasteiger partial charge is 0.508 e. The van der Waals surface area contributed by atoms with Gasteiger partial charge in [-0.15, -0.1) is 0 Å². The molecular formula is C9H10BrNO. The Morgan fingerprint density at radius 1 is 1.33 bits per heavy atom. The number of rotatable bonds is 0. The van der Waals surface area contributed by atoms with E-state index in [1.165, 1.54) is 5.56 Å². The minimum atomic E-state index is 0.403. The Kier molecular flexibility index (Phi) is 2.07. The van der Waals surface area contributed by atoms with Crippen molar-refractivity contribution in [1.29, 1.82) is 0 Å². The van der Waals surface area contributed by atoms with E-state index in [1.54, 1.807) is 6.07 Å². The van der Waals surface area contributed by atoms with Crippen molar-refractivity contribution >= 4 is 15.9 Å². The molecule has 0 radical (unpaired) electrons. The van der Waals surface area contributed by atoms with Gasteiger partial charge in [0.05, 0.1) is 0 Å². The van der Waals surface area contributed by atoms with Crippen molar-refractivity contribution in [3.8, 4) is 5.75 Å². The Labute approximate surface area is 79.7 Å². The first-order valence-electron chi connectivity index (χ1n) is 3.99. The fourth-order valence-electron chi connectivity index (χ4n) is 1.55. The molecule has 2 N–H and O–H groups in total. The van der Waals surface area contributed by atoms with E-state index in [9.17, 15) is 5.11 Å². The van der Waals surface area contributed by atoms with E-state index in [4.69, 9.17) is 0 Å². The molecule has 1 aliphatic rings. The lowest BCUT2D eigenvalue weighted by molar-refractivity contribution is 0.459. The maximum atomic E-state index is 9.52. The zero-order valence-corrected chi connectivity index (χ0v) is 8.19. The summed E-state index contributed by atoms with van der Waals surface area (Å²) in [6.45, 7) is 1.77. The molecule has 1 heterocycles. The summed E-state index contributed by atoms with van der Waals surface area (Å²) in [4.78, 5) is 0. The minimum absolute atomic E-state index is 0.403. The number of fused-ring (bicyclic) bond motifs is 1. The van der Waals surface area contributed by atoms with Gasteiger partial charge < -0.3 is 10.4 Å². The Morgan fingerprint density at radius 3 is 2.92 bits per heavy atom. The van der Waals surface area contributed by atoms with Crippen molar-refractivity contribution in [2.24, 2.45) is 0 Å². The van der Waals surface area contributed by atoms with Gasteiger partial charge in [-0.3, -0.25) is 0 Å². The van der Waals surface area contributed by atoms with Gasteiger partial charge in [-0.1, -0.05) is 15.9 Å². The van der Waals surface area contributed by atoms with E-state index in [-0.39, 0.29) is 0 Å². The van der Waals surface area contributed by atoms with Crippen LogP contribution < -0.4 is 5.32 Å². The van der Waals surface area contributed by atoms with Crippen LogP contribution in [-0.2, 0) is 13.0 Å². The van der Waals surface area contributed by atoms with E-state index in [0.29, 0.717) is 5.75 Å². The number of phenols is 1. The second-order valence-corrected chi connectivity index (χ2v) is 3.80. The van der Waals surface area contributed by atoms with Gasteiger partial charge in [0.2, 0.25) is 0 Å². The first kappa shape index (κ1) is 8.08. The van der Waals surface area contributed by atoms with Gasteiger partial charge in [0.25, 0.3) is 0 Å². The Morgan fingerprint density at radius 2 is 2.17 bits per heavy atom. The van der Waals surface area contributed by atoms with Gasteiger partial charge in [-0.05, 0) is 30.7 Å². The summed E-state index contributed by atoms with van der Waals surface area (Å²) in [6.07, 6.45) is 0.990. The van der Waals surface area contributed by atoms with Crippen LogP contribution in [0.3, 0.4) is 0 Å². The number of hydrogen-bond donors (Lipinski definition) is 2. The zero-order chi connectivity index (χ0) is 8.55. The molecule has 0 fully saturated rings. The molecule has 0 aliphatic carbocycles. The predicted octanol–water partition coefficient (Wildman–Crippen LogP) is 1.80. The lowest BCUT2D eigenvalue weighted by atomic mass is 10.0. The molecule has 1 aromatic rings. The van der Waals surface area contributed by atoms with Gasteiger partial charge >= 0.3 is 0 Å². The van der Waals surface area contributed by atoms with Gasteiger partial charge in [-0.25, -0.2) is 0 Å². The molecule has 12 heavy (non-hydrogen) atoms. The van der Waals surface area contributed by atoms with Gasteiger partial charge in [0, 0.05) is 16.6 Å². The van der Waals surface area contributed by atoms with Crippen molar-refractivity contribution in [2.75, 3.05) is 6.54 Å². The molecule has 0 unspecified atom stereocenters. The van der Waals surface area contributed by atoms with Crippen LogP contribution in [0, 0.1) is 0 Å². The molecule has 0 bridgehead atoms. The highest BCUT2D eigenvalue weighted by atomic mass is 79.9. The van der Waals surface area contributed by atoms with Crippen molar-refractivity contribution in [3.05, 3.63) is 27.7 Å². The normalized spacial score (nSPS) is 15.8. The first-order valence-corrected chi connectivity index (χ1v) is 4.78. The SMILES string of the molecule is Oc1ccc(Br)c2c1CNCC2. The van der Waals surface area contributed by atoms with Crippen LogP contribution >= 0.6 is 15.9 Å². The van der Waals surface area contributed by atoms with Crippen LogP contribution in [0.5, 0.6) is 5.75 Å². The number of phenolic OH excluding ortho intramolecular Hbond substituents is 1. The fraction of sp³-hybridized carbons (Fsp3) is 0.333. The third kappa shape index (κ3) is 1.23.